The first-order valence-electron chi connectivity index (χ1n) is 5.17. The first kappa shape index (κ1) is 11.1. The molecule has 0 aliphatic carbocycles. The zero-order chi connectivity index (χ0) is 10.4. The fraction of sp³-hybridized carbons (Fsp3) is 0.500. The van der Waals surface area contributed by atoms with Crippen molar-refractivity contribution in [3.8, 4) is 5.75 Å². The molecule has 78 valence electrons. The molecular weight excluding hydrogens is 174 g/mol. The van der Waals surface area contributed by atoms with E-state index < -0.39 is 0 Å². The maximum absolute atomic E-state index is 5.85. The Balaban J connectivity index is 2.37. The molecule has 2 heteroatoms. The summed E-state index contributed by atoms with van der Waals surface area (Å²) in [6, 6.07) is 8.19. The van der Waals surface area contributed by atoms with Gasteiger partial charge in [0.25, 0.3) is 0 Å². The lowest BCUT2D eigenvalue weighted by molar-refractivity contribution is 0.281. The molecule has 1 aromatic rings. The summed E-state index contributed by atoms with van der Waals surface area (Å²) < 4.78 is 5.58. The van der Waals surface area contributed by atoms with Gasteiger partial charge in [-0.1, -0.05) is 25.5 Å². The molecule has 1 unspecified atom stereocenters. The van der Waals surface area contributed by atoms with Crippen molar-refractivity contribution in [2.24, 2.45) is 5.73 Å². The van der Waals surface area contributed by atoms with Crippen LogP contribution in [-0.4, -0.2) is 12.6 Å². The standard InChI is InChI=1S/C12H19NO/c1-3-5-11(13)9-14-12-7-4-6-10(2)8-12/h4,6-8,11H,3,5,9,13H2,1-2H3. The largest absolute Gasteiger partial charge is 0.492 e. The molecule has 0 amide bonds. The Bertz CT molecular complexity index is 273. The minimum atomic E-state index is 0.153. The van der Waals surface area contributed by atoms with Gasteiger partial charge in [0.1, 0.15) is 12.4 Å². The summed E-state index contributed by atoms with van der Waals surface area (Å²) >= 11 is 0. The maximum atomic E-state index is 5.85. The second-order valence-corrected chi connectivity index (χ2v) is 3.68. The zero-order valence-corrected chi connectivity index (χ0v) is 8.99. The van der Waals surface area contributed by atoms with Crippen molar-refractivity contribution in [1.29, 1.82) is 0 Å². The highest BCUT2D eigenvalue weighted by Crippen LogP contribution is 2.12. The lowest BCUT2D eigenvalue weighted by atomic mass is 10.2. The summed E-state index contributed by atoms with van der Waals surface area (Å²) in [5.41, 5.74) is 7.06. The SMILES string of the molecule is CCCC(N)COc1cccc(C)c1. The molecule has 2 N–H and O–H groups in total. The van der Waals surface area contributed by atoms with E-state index in [1.54, 1.807) is 0 Å². The Morgan fingerprint density at radius 1 is 1.43 bits per heavy atom. The van der Waals surface area contributed by atoms with E-state index in [1.807, 2.05) is 18.2 Å². The lowest BCUT2D eigenvalue weighted by Gasteiger charge is -2.12. The Kier molecular flexibility index (Phi) is 4.47. The third-order valence-corrected chi connectivity index (χ3v) is 2.11. The van der Waals surface area contributed by atoms with Crippen molar-refractivity contribution in [3.05, 3.63) is 29.8 Å². The van der Waals surface area contributed by atoms with E-state index in [0.29, 0.717) is 6.61 Å². The molecule has 0 radical (unpaired) electrons. The molecule has 0 saturated heterocycles. The van der Waals surface area contributed by atoms with Gasteiger partial charge in [-0.05, 0) is 31.0 Å². The molecule has 0 aliphatic rings. The van der Waals surface area contributed by atoms with Crippen LogP contribution in [0.25, 0.3) is 0 Å². The predicted molar refractivity (Wildman–Crippen MR) is 59.6 cm³/mol. The molecule has 0 heterocycles. The van der Waals surface area contributed by atoms with Gasteiger partial charge < -0.3 is 10.5 Å². The van der Waals surface area contributed by atoms with Crippen LogP contribution in [0.2, 0.25) is 0 Å². The summed E-state index contributed by atoms with van der Waals surface area (Å²) in [6.45, 7) is 4.79. The van der Waals surface area contributed by atoms with Crippen molar-refractivity contribution >= 4 is 0 Å². The van der Waals surface area contributed by atoms with E-state index >= 15 is 0 Å². The first-order chi connectivity index (χ1) is 6.72. The van der Waals surface area contributed by atoms with Crippen molar-refractivity contribution in [2.45, 2.75) is 32.7 Å². The second kappa shape index (κ2) is 5.66. The van der Waals surface area contributed by atoms with Crippen molar-refractivity contribution in [1.82, 2.24) is 0 Å². The molecule has 0 aromatic heterocycles. The highest BCUT2D eigenvalue weighted by molar-refractivity contribution is 5.27. The molecular formula is C12H19NO. The van der Waals surface area contributed by atoms with Gasteiger partial charge in [0.2, 0.25) is 0 Å². The fourth-order valence-electron chi connectivity index (χ4n) is 1.36. The van der Waals surface area contributed by atoms with E-state index in [9.17, 15) is 0 Å². The van der Waals surface area contributed by atoms with E-state index in [0.717, 1.165) is 18.6 Å². The van der Waals surface area contributed by atoms with Crippen LogP contribution < -0.4 is 10.5 Å². The number of benzene rings is 1. The highest BCUT2D eigenvalue weighted by Gasteiger charge is 2.01. The van der Waals surface area contributed by atoms with Crippen LogP contribution >= 0.6 is 0 Å². The molecule has 1 aromatic carbocycles. The maximum Gasteiger partial charge on any atom is 0.119 e. The molecule has 0 saturated carbocycles. The second-order valence-electron chi connectivity index (χ2n) is 3.68. The molecule has 0 aliphatic heterocycles. The summed E-state index contributed by atoms with van der Waals surface area (Å²) in [4.78, 5) is 0. The predicted octanol–water partition coefficient (Wildman–Crippen LogP) is 2.50. The smallest absolute Gasteiger partial charge is 0.119 e. The molecule has 0 spiro atoms. The van der Waals surface area contributed by atoms with E-state index in [2.05, 4.69) is 19.9 Å². The van der Waals surface area contributed by atoms with Gasteiger partial charge in [-0.25, -0.2) is 0 Å². The van der Waals surface area contributed by atoms with Crippen molar-refractivity contribution in [2.75, 3.05) is 6.61 Å². The number of nitrogens with two attached hydrogens (primary N) is 1. The van der Waals surface area contributed by atoms with E-state index in [-0.39, 0.29) is 6.04 Å². The van der Waals surface area contributed by atoms with Crippen LogP contribution in [0.3, 0.4) is 0 Å². The number of rotatable bonds is 5. The molecule has 1 atom stereocenters. The van der Waals surface area contributed by atoms with Crippen LogP contribution in [0.5, 0.6) is 5.75 Å². The zero-order valence-electron chi connectivity index (χ0n) is 8.99. The van der Waals surface area contributed by atoms with Gasteiger partial charge in [0, 0.05) is 6.04 Å². The van der Waals surface area contributed by atoms with Crippen LogP contribution in [0.15, 0.2) is 24.3 Å². The minimum absolute atomic E-state index is 0.153. The van der Waals surface area contributed by atoms with Gasteiger partial charge >= 0.3 is 0 Å². The monoisotopic (exact) mass is 193 g/mol. The van der Waals surface area contributed by atoms with E-state index in [4.69, 9.17) is 10.5 Å². The molecule has 1 rings (SSSR count). The van der Waals surface area contributed by atoms with Crippen LogP contribution in [0.1, 0.15) is 25.3 Å². The Morgan fingerprint density at radius 3 is 2.86 bits per heavy atom. The van der Waals surface area contributed by atoms with Crippen LogP contribution in [0, 0.1) is 6.92 Å². The van der Waals surface area contributed by atoms with Gasteiger partial charge in [-0.2, -0.15) is 0 Å². The summed E-state index contributed by atoms with van der Waals surface area (Å²) in [6.07, 6.45) is 2.13. The van der Waals surface area contributed by atoms with Crippen LogP contribution in [0.4, 0.5) is 0 Å². The lowest BCUT2D eigenvalue weighted by Crippen LogP contribution is -2.27. The number of hydrogen-bond acceptors (Lipinski definition) is 2. The van der Waals surface area contributed by atoms with Gasteiger partial charge in [-0.15, -0.1) is 0 Å². The molecule has 0 fully saturated rings. The van der Waals surface area contributed by atoms with Gasteiger partial charge in [-0.3, -0.25) is 0 Å². The van der Waals surface area contributed by atoms with E-state index in [1.165, 1.54) is 5.56 Å². The summed E-state index contributed by atoms with van der Waals surface area (Å²) in [7, 11) is 0. The number of ether oxygens (including phenoxy) is 1. The first-order valence-corrected chi connectivity index (χ1v) is 5.17. The molecule has 0 bridgehead atoms. The fourth-order valence-corrected chi connectivity index (χ4v) is 1.36. The topological polar surface area (TPSA) is 35.2 Å². The Hall–Kier alpha value is -1.02. The third kappa shape index (κ3) is 3.79. The van der Waals surface area contributed by atoms with Crippen LogP contribution in [-0.2, 0) is 0 Å². The number of hydrogen-bond donors (Lipinski definition) is 1. The van der Waals surface area contributed by atoms with Gasteiger partial charge in [0.15, 0.2) is 0 Å². The normalized spacial score (nSPS) is 12.5. The minimum Gasteiger partial charge on any atom is -0.492 e. The summed E-state index contributed by atoms with van der Waals surface area (Å²) in [5.74, 6) is 0.913. The average Bonchev–Trinajstić information content (AvgIpc) is 2.15. The Labute approximate surface area is 86.1 Å². The summed E-state index contributed by atoms with van der Waals surface area (Å²) in [5, 5.41) is 0. The van der Waals surface area contributed by atoms with Crippen molar-refractivity contribution < 1.29 is 4.74 Å². The highest BCUT2D eigenvalue weighted by atomic mass is 16.5. The van der Waals surface area contributed by atoms with Crippen molar-refractivity contribution in [3.63, 3.8) is 0 Å². The third-order valence-electron chi connectivity index (χ3n) is 2.11. The Morgan fingerprint density at radius 2 is 2.21 bits per heavy atom. The molecule has 2 nitrogen and oxygen atoms in total. The quantitative estimate of drug-likeness (QED) is 0.779. The average molecular weight is 193 g/mol. The number of aryl methyl sites for hydroxylation is 1. The van der Waals surface area contributed by atoms with Gasteiger partial charge in [0.05, 0.1) is 0 Å². The molecule has 14 heavy (non-hydrogen) atoms.